The molecule has 0 fully saturated rings. The molecule has 20 heavy (non-hydrogen) atoms. The Balaban J connectivity index is 2.46. The molecule has 2 amide bonds. The van der Waals surface area contributed by atoms with E-state index in [1.54, 1.807) is 13.2 Å². The number of nitrogens with zero attached hydrogens (tertiary/aromatic N) is 2. The number of amides is 2. The van der Waals surface area contributed by atoms with Crippen LogP contribution < -0.4 is 5.32 Å². The Labute approximate surface area is 117 Å². The summed E-state index contributed by atoms with van der Waals surface area (Å²) in [5.41, 5.74) is 0.866. The van der Waals surface area contributed by atoms with Gasteiger partial charge in [-0.3, -0.25) is 4.98 Å². The van der Waals surface area contributed by atoms with E-state index in [0.29, 0.717) is 13.0 Å². The highest BCUT2D eigenvalue weighted by Crippen LogP contribution is 1.98. The van der Waals surface area contributed by atoms with Crippen molar-refractivity contribution in [1.82, 2.24) is 15.2 Å². The summed E-state index contributed by atoms with van der Waals surface area (Å²) in [6, 6.07) is 4.02. The molecule has 1 aromatic rings. The first-order valence-corrected chi connectivity index (χ1v) is 6.12. The third kappa shape index (κ3) is 4.98. The molecule has 0 saturated heterocycles. The van der Waals surface area contributed by atoms with Crippen LogP contribution in [0.1, 0.15) is 12.1 Å². The number of carbonyl (C=O) groups excluding carboxylic acids is 1. The van der Waals surface area contributed by atoms with Gasteiger partial charge in [0.2, 0.25) is 0 Å². The predicted molar refractivity (Wildman–Crippen MR) is 74.0 cm³/mol. The molecule has 6 nitrogen and oxygen atoms in total. The van der Waals surface area contributed by atoms with Crippen molar-refractivity contribution in [3.8, 4) is 12.3 Å². The Morgan fingerprint density at radius 1 is 1.55 bits per heavy atom. The second-order valence-corrected chi connectivity index (χ2v) is 4.24. The van der Waals surface area contributed by atoms with Crippen molar-refractivity contribution < 1.29 is 14.7 Å². The summed E-state index contributed by atoms with van der Waals surface area (Å²) in [7, 11) is 1.59. The fourth-order valence-corrected chi connectivity index (χ4v) is 1.51. The van der Waals surface area contributed by atoms with Crippen LogP contribution in [0.3, 0.4) is 0 Å². The normalized spacial score (nSPS) is 11.2. The Hall–Kier alpha value is -2.55. The van der Waals surface area contributed by atoms with Gasteiger partial charge in [0.15, 0.2) is 0 Å². The molecule has 0 saturated carbocycles. The van der Waals surface area contributed by atoms with Crippen LogP contribution in [-0.2, 0) is 11.2 Å². The number of aliphatic carboxylic acids is 1. The number of aromatic nitrogens is 1. The summed E-state index contributed by atoms with van der Waals surface area (Å²) in [4.78, 5) is 28.3. The molecule has 0 aromatic carbocycles. The number of carboxylic acids is 1. The number of hydrogen-bond acceptors (Lipinski definition) is 3. The van der Waals surface area contributed by atoms with Gasteiger partial charge >= 0.3 is 12.0 Å². The quantitative estimate of drug-likeness (QED) is 0.750. The number of terminal acetylenes is 1. The molecule has 0 bridgehead atoms. The monoisotopic (exact) mass is 275 g/mol. The van der Waals surface area contributed by atoms with Gasteiger partial charge in [-0.1, -0.05) is 6.07 Å². The Kier molecular flexibility index (Phi) is 6.04. The van der Waals surface area contributed by atoms with Crippen molar-refractivity contribution in [3.05, 3.63) is 30.1 Å². The average molecular weight is 275 g/mol. The van der Waals surface area contributed by atoms with Crippen molar-refractivity contribution in [2.75, 3.05) is 13.6 Å². The molecule has 0 aliphatic carbocycles. The third-order valence-corrected chi connectivity index (χ3v) is 2.69. The molecule has 6 heteroatoms. The zero-order valence-corrected chi connectivity index (χ0v) is 11.2. The largest absolute Gasteiger partial charge is 0.480 e. The molecule has 0 aliphatic rings. The number of pyridine rings is 1. The van der Waals surface area contributed by atoms with Gasteiger partial charge in [0.25, 0.3) is 0 Å². The van der Waals surface area contributed by atoms with E-state index in [-0.39, 0.29) is 6.42 Å². The number of likely N-dealkylation sites (N-methyl/N-ethyl adjacent to an activating group) is 1. The van der Waals surface area contributed by atoms with Gasteiger partial charge in [-0.05, 0) is 12.1 Å². The highest BCUT2D eigenvalue weighted by molar-refractivity contribution is 5.82. The zero-order valence-electron chi connectivity index (χ0n) is 11.2. The lowest BCUT2D eigenvalue weighted by Gasteiger charge is -2.20. The van der Waals surface area contributed by atoms with Crippen molar-refractivity contribution in [2.24, 2.45) is 0 Å². The van der Waals surface area contributed by atoms with Crippen LogP contribution in [0.4, 0.5) is 4.79 Å². The van der Waals surface area contributed by atoms with E-state index in [1.807, 2.05) is 18.2 Å². The van der Waals surface area contributed by atoms with E-state index in [1.165, 1.54) is 4.90 Å². The molecule has 1 unspecified atom stereocenters. The molecule has 1 aromatic heterocycles. The standard InChI is InChI=1S/C14H17N3O3/c1-3-6-12(13(18)19)16-14(20)17(2)10-8-11-7-4-5-9-15-11/h1,4-5,7,9,12H,6,8,10H2,2H3,(H,16,20)(H,18,19). The van der Waals surface area contributed by atoms with Crippen molar-refractivity contribution in [1.29, 1.82) is 0 Å². The van der Waals surface area contributed by atoms with Crippen LogP contribution >= 0.6 is 0 Å². The van der Waals surface area contributed by atoms with Gasteiger partial charge in [-0.2, -0.15) is 0 Å². The average Bonchev–Trinajstić information content (AvgIpc) is 2.45. The van der Waals surface area contributed by atoms with Crippen LogP contribution in [0, 0.1) is 12.3 Å². The van der Waals surface area contributed by atoms with Gasteiger partial charge in [0, 0.05) is 38.3 Å². The van der Waals surface area contributed by atoms with Crippen LogP contribution in [0.5, 0.6) is 0 Å². The maximum absolute atomic E-state index is 11.8. The van der Waals surface area contributed by atoms with Crippen molar-refractivity contribution in [2.45, 2.75) is 18.9 Å². The summed E-state index contributed by atoms with van der Waals surface area (Å²) in [5.74, 6) is 1.08. The van der Waals surface area contributed by atoms with Gasteiger partial charge in [-0.15, -0.1) is 12.3 Å². The lowest BCUT2D eigenvalue weighted by molar-refractivity contribution is -0.139. The lowest BCUT2D eigenvalue weighted by Crippen LogP contribution is -2.47. The molecular formula is C14H17N3O3. The lowest BCUT2D eigenvalue weighted by atomic mass is 10.2. The number of rotatable bonds is 6. The first kappa shape index (κ1) is 15.5. The molecule has 1 atom stereocenters. The van der Waals surface area contributed by atoms with E-state index >= 15 is 0 Å². The summed E-state index contributed by atoms with van der Waals surface area (Å²) in [6.07, 6.45) is 7.30. The summed E-state index contributed by atoms with van der Waals surface area (Å²) >= 11 is 0. The maximum atomic E-state index is 11.8. The first-order valence-electron chi connectivity index (χ1n) is 6.12. The molecule has 0 radical (unpaired) electrons. The summed E-state index contributed by atoms with van der Waals surface area (Å²) < 4.78 is 0. The third-order valence-electron chi connectivity index (χ3n) is 2.69. The highest BCUT2D eigenvalue weighted by Gasteiger charge is 2.20. The highest BCUT2D eigenvalue weighted by atomic mass is 16.4. The molecular weight excluding hydrogens is 258 g/mol. The van der Waals surface area contributed by atoms with Crippen LogP contribution in [0.25, 0.3) is 0 Å². The van der Waals surface area contributed by atoms with Crippen LogP contribution in [0.15, 0.2) is 24.4 Å². The number of urea groups is 1. The fraction of sp³-hybridized carbons (Fsp3) is 0.357. The maximum Gasteiger partial charge on any atom is 0.327 e. The Morgan fingerprint density at radius 3 is 2.85 bits per heavy atom. The number of nitrogens with one attached hydrogen (secondary N) is 1. The molecule has 0 spiro atoms. The van der Waals surface area contributed by atoms with Gasteiger partial charge in [0.1, 0.15) is 6.04 Å². The van der Waals surface area contributed by atoms with E-state index < -0.39 is 18.0 Å². The van der Waals surface area contributed by atoms with Gasteiger partial charge < -0.3 is 15.3 Å². The minimum Gasteiger partial charge on any atom is -0.480 e. The second-order valence-electron chi connectivity index (χ2n) is 4.24. The topological polar surface area (TPSA) is 82.5 Å². The Morgan fingerprint density at radius 2 is 2.30 bits per heavy atom. The van der Waals surface area contributed by atoms with E-state index in [4.69, 9.17) is 11.5 Å². The molecule has 0 aliphatic heterocycles. The second kappa shape index (κ2) is 7.79. The minimum atomic E-state index is -1.14. The van der Waals surface area contributed by atoms with E-state index in [0.717, 1.165) is 5.69 Å². The van der Waals surface area contributed by atoms with Gasteiger partial charge in [-0.25, -0.2) is 9.59 Å². The Bertz CT molecular complexity index is 496. The molecule has 1 heterocycles. The molecule has 1 rings (SSSR count). The van der Waals surface area contributed by atoms with Crippen molar-refractivity contribution >= 4 is 12.0 Å². The zero-order chi connectivity index (χ0) is 15.0. The first-order chi connectivity index (χ1) is 9.54. The minimum absolute atomic E-state index is 0.0465. The SMILES string of the molecule is C#CCC(NC(=O)N(C)CCc1ccccn1)C(=O)O. The molecule has 106 valence electrons. The van der Waals surface area contributed by atoms with Crippen LogP contribution in [0.2, 0.25) is 0 Å². The predicted octanol–water partition coefficient (Wildman–Crippen LogP) is 0.742. The number of carboxylic acid groups (broad SMARTS) is 1. The summed E-state index contributed by atoms with van der Waals surface area (Å²) in [6.45, 7) is 0.436. The smallest absolute Gasteiger partial charge is 0.327 e. The number of hydrogen-bond donors (Lipinski definition) is 2. The number of carbonyl (C=O) groups is 2. The van der Waals surface area contributed by atoms with E-state index in [2.05, 4.69) is 16.2 Å². The fourth-order valence-electron chi connectivity index (χ4n) is 1.51. The van der Waals surface area contributed by atoms with E-state index in [9.17, 15) is 9.59 Å². The van der Waals surface area contributed by atoms with Gasteiger partial charge in [0.05, 0.1) is 0 Å². The van der Waals surface area contributed by atoms with Crippen LogP contribution in [-0.4, -0.2) is 46.6 Å². The van der Waals surface area contributed by atoms with Crippen molar-refractivity contribution in [3.63, 3.8) is 0 Å². The summed E-state index contributed by atoms with van der Waals surface area (Å²) in [5, 5.41) is 11.3. The molecule has 2 N–H and O–H groups in total.